The van der Waals surface area contributed by atoms with E-state index in [1.165, 1.54) is 12.1 Å². The lowest BCUT2D eigenvalue weighted by Crippen LogP contribution is -1.93. The molecule has 5 nitrogen and oxygen atoms in total. The Hall–Kier alpha value is -1.83. The van der Waals surface area contributed by atoms with Gasteiger partial charge in [-0.3, -0.25) is 10.1 Å². The van der Waals surface area contributed by atoms with Crippen LogP contribution in [-0.2, 0) is 0 Å². The van der Waals surface area contributed by atoms with E-state index in [-0.39, 0.29) is 5.69 Å². The molecule has 92 valence electrons. The lowest BCUT2D eigenvalue weighted by atomic mass is 10.2. The van der Waals surface area contributed by atoms with Gasteiger partial charge in [0.1, 0.15) is 11.5 Å². The highest BCUT2D eigenvalue weighted by Gasteiger charge is 2.09. The van der Waals surface area contributed by atoms with Crippen molar-refractivity contribution in [2.75, 3.05) is 5.73 Å². The third-order valence-electron chi connectivity index (χ3n) is 2.17. The van der Waals surface area contributed by atoms with Crippen LogP contribution in [0.5, 0.6) is 11.5 Å². The van der Waals surface area contributed by atoms with E-state index in [0.29, 0.717) is 17.2 Å². The average molecular weight is 356 g/mol. The second kappa shape index (κ2) is 5.21. The first kappa shape index (κ1) is 12.6. The van der Waals surface area contributed by atoms with Gasteiger partial charge in [-0.2, -0.15) is 0 Å². The number of nitro groups is 1. The maximum Gasteiger partial charge on any atom is 0.275 e. The number of hydrogen-bond donors (Lipinski definition) is 1. The molecule has 2 aromatic carbocycles. The fraction of sp³-hybridized carbons (Fsp3) is 0. The van der Waals surface area contributed by atoms with E-state index in [4.69, 9.17) is 10.5 Å². The van der Waals surface area contributed by atoms with Crippen LogP contribution in [0.4, 0.5) is 11.4 Å². The zero-order chi connectivity index (χ0) is 13.1. The molecule has 0 saturated carbocycles. The maximum atomic E-state index is 10.7. The largest absolute Gasteiger partial charge is 0.457 e. The number of hydrogen-bond acceptors (Lipinski definition) is 4. The second-order valence-electron chi connectivity index (χ2n) is 3.57. The van der Waals surface area contributed by atoms with Gasteiger partial charge in [0.15, 0.2) is 0 Å². The van der Waals surface area contributed by atoms with Gasteiger partial charge in [0, 0.05) is 21.4 Å². The van der Waals surface area contributed by atoms with Gasteiger partial charge in [-0.1, -0.05) is 0 Å². The van der Waals surface area contributed by atoms with Crippen LogP contribution in [0, 0.1) is 13.7 Å². The molecule has 0 unspecified atom stereocenters. The number of non-ortho nitro benzene ring substituents is 1. The van der Waals surface area contributed by atoms with E-state index in [0.717, 1.165) is 3.57 Å². The number of nitrogens with zero attached hydrogens (tertiary/aromatic N) is 1. The van der Waals surface area contributed by atoms with Crippen LogP contribution < -0.4 is 10.5 Å². The van der Waals surface area contributed by atoms with E-state index in [9.17, 15) is 10.1 Å². The molecule has 0 atom stereocenters. The Bertz CT molecular complexity index is 584. The first-order chi connectivity index (χ1) is 8.54. The Morgan fingerprint density at radius 1 is 1.11 bits per heavy atom. The van der Waals surface area contributed by atoms with Crippen molar-refractivity contribution in [3.63, 3.8) is 0 Å². The third-order valence-corrected chi connectivity index (χ3v) is 2.89. The molecule has 0 bridgehead atoms. The minimum absolute atomic E-state index is 0.0875. The van der Waals surface area contributed by atoms with Crippen molar-refractivity contribution in [1.82, 2.24) is 0 Å². The predicted molar refractivity (Wildman–Crippen MR) is 76.7 cm³/mol. The Kier molecular flexibility index (Phi) is 3.66. The van der Waals surface area contributed by atoms with Crippen LogP contribution in [0.25, 0.3) is 0 Å². The van der Waals surface area contributed by atoms with Crippen molar-refractivity contribution in [3.05, 3.63) is 56.1 Å². The molecule has 0 fully saturated rings. The van der Waals surface area contributed by atoms with Crippen LogP contribution in [-0.4, -0.2) is 4.92 Å². The quantitative estimate of drug-likeness (QED) is 0.395. The summed E-state index contributed by atoms with van der Waals surface area (Å²) in [7, 11) is 0. The number of benzene rings is 2. The fourth-order valence-corrected chi connectivity index (χ4v) is 1.77. The molecule has 0 radical (unpaired) electrons. The monoisotopic (exact) mass is 356 g/mol. The zero-order valence-electron chi connectivity index (χ0n) is 9.17. The van der Waals surface area contributed by atoms with Gasteiger partial charge in [-0.25, -0.2) is 0 Å². The van der Waals surface area contributed by atoms with Crippen molar-refractivity contribution in [2.45, 2.75) is 0 Å². The lowest BCUT2D eigenvalue weighted by Gasteiger charge is -2.06. The maximum absolute atomic E-state index is 10.7. The fourth-order valence-electron chi connectivity index (χ4n) is 1.41. The van der Waals surface area contributed by atoms with Crippen LogP contribution >= 0.6 is 22.6 Å². The summed E-state index contributed by atoms with van der Waals surface area (Å²) in [6, 6.07) is 11.5. The molecule has 18 heavy (non-hydrogen) atoms. The molecular weight excluding hydrogens is 347 g/mol. The highest BCUT2D eigenvalue weighted by atomic mass is 127. The SMILES string of the molecule is Nc1cc(Oc2ccc(I)cc2)cc([N+](=O)[O-])c1. The Balaban J connectivity index is 2.28. The predicted octanol–water partition coefficient (Wildman–Crippen LogP) is 3.57. The molecule has 0 aliphatic carbocycles. The number of halogens is 1. The van der Waals surface area contributed by atoms with Crippen molar-refractivity contribution < 1.29 is 9.66 Å². The van der Waals surface area contributed by atoms with Gasteiger partial charge >= 0.3 is 0 Å². The number of nitro benzene ring substituents is 1. The lowest BCUT2D eigenvalue weighted by molar-refractivity contribution is -0.384. The molecule has 0 spiro atoms. The minimum atomic E-state index is -0.503. The molecule has 0 heterocycles. The van der Waals surface area contributed by atoms with Crippen LogP contribution in [0.15, 0.2) is 42.5 Å². The van der Waals surface area contributed by atoms with Gasteiger partial charge in [0.2, 0.25) is 0 Å². The summed E-state index contributed by atoms with van der Waals surface area (Å²) in [6.45, 7) is 0. The summed E-state index contributed by atoms with van der Waals surface area (Å²) < 4.78 is 6.60. The molecular formula is C12H9IN2O3. The minimum Gasteiger partial charge on any atom is -0.457 e. The first-order valence-electron chi connectivity index (χ1n) is 5.03. The topological polar surface area (TPSA) is 78.4 Å². The van der Waals surface area contributed by atoms with Gasteiger partial charge < -0.3 is 10.5 Å². The van der Waals surface area contributed by atoms with Gasteiger partial charge in [0.05, 0.1) is 11.0 Å². The first-order valence-corrected chi connectivity index (χ1v) is 6.11. The number of anilines is 1. The van der Waals surface area contributed by atoms with E-state index in [1.807, 2.05) is 12.1 Å². The third kappa shape index (κ3) is 3.10. The van der Waals surface area contributed by atoms with Crippen LogP contribution in [0.1, 0.15) is 0 Å². The summed E-state index contributed by atoms with van der Waals surface area (Å²) in [5.41, 5.74) is 5.80. The zero-order valence-corrected chi connectivity index (χ0v) is 11.3. The van der Waals surface area contributed by atoms with Gasteiger partial charge in [-0.05, 0) is 46.9 Å². The van der Waals surface area contributed by atoms with Crippen molar-refractivity contribution >= 4 is 34.0 Å². The number of nitrogen functional groups attached to an aromatic ring is 1. The molecule has 6 heteroatoms. The highest BCUT2D eigenvalue weighted by Crippen LogP contribution is 2.28. The molecule has 2 rings (SSSR count). The molecule has 2 N–H and O–H groups in total. The van der Waals surface area contributed by atoms with Crippen molar-refractivity contribution in [1.29, 1.82) is 0 Å². The van der Waals surface area contributed by atoms with E-state index >= 15 is 0 Å². The van der Waals surface area contributed by atoms with Gasteiger partial charge in [0.25, 0.3) is 5.69 Å². The highest BCUT2D eigenvalue weighted by molar-refractivity contribution is 14.1. The van der Waals surface area contributed by atoms with Crippen molar-refractivity contribution in [3.8, 4) is 11.5 Å². The van der Waals surface area contributed by atoms with Crippen molar-refractivity contribution in [2.24, 2.45) is 0 Å². The Morgan fingerprint density at radius 3 is 2.39 bits per heavy atom. The second-order valence-corrected chi connectivity index (χ2v) is 4.82. The number of nitrogens with two attached hydrogens (primary N) is 1. The van der Waals surface area contributed by atoms with Gasteiger partial charge in [-0.15, -0.1) is 0 Å². The molecule has 0 aliphatic heterocycles. The summed E-state index contributed by atoms with van der Waals surface area (Å²) in [4.78, 5) is 10.2. The normalized spacial score (nSPS) is 10.1. The standard InChI is InChI=1S/C12H9IN2O3/c13-8-1-3-11(4-2-8)18-12-6-9(14)5-10(7-12)15(16)17/h1-7H,14H2. The Labute approximate surface area is 117 Å². The molecule has 0 aliphatic rings. The molecule has 2 aromatic rings. The molecule has 0 aromatic heterocycles. The summed E-state index contributed by atoms with van der Waals surface area (Å²) in [5, 5.41) is 10.7. The van der Waals surface area contributed by atoms with Crippen LogP contribution in [0.3, 0.4) is 0 Å². The summed E-state index contributed by atoms with van der Waals surface area (Å²) >= 11 is 2.18. The number of ether oxygens (including phenoxy) is 1. The summed E-state index contributed by atoms with van der Waals surface area (Å²) in [6.07, 6.45) is 0. The smallest absolute Gasteiger partial charge is 0.275 e. The molecule has 0 amide bonds. The molecule has 0 saturated heterocycles. The van der Waals surface area contributed by atoms with E-state index in [1.54, 1.807) is 18.2 Å². The van der Waals surface area contributed by atoms with E-state index in [2.05, 4.69) is 22.6 Å². The number of rotatable bonds is 3. The van der Waals surface area contributed by atoms with Crippen LogP contribution in [0.2, 0.25) is 0 Å². The summed E-state index contributed by atoms with van der Waals surface area (Å²) in [5.74, 6) is 0.957. The Morgan fingerprint density at radius 2 is 1.78 bits per heavy atom. The average Bonchev–Trinajstić information content (AvgIpc) is 2.31. The van der Waals surface area contributed by atoms with E-state index < -0.39 is 4.92 Å².